The zero-order chi connectivity index (χ0) is 23.6. The van der Waals surface area contributed by atoms with Crippen LogP contribution < -0.4 is 10.1 Å². The molecule has 9 nitrogen and oxygen atoms in total. The minimum Gasteiger partial charge on any atom is -0.488 e. The van der Waals surface area contributed by atoms with Crippen molar-refractivity contribution in [2.24, 2.45) is 11.8 Å². The summed E-state index contributed by atoms with van der Waals surface area (Å²) in [6.07, 6.45) is 2.45. The molecule has 2 N–H and O–H groups in total. The Kier molecular flexibility index (Phi) is 7.46. The summed E-state index contributed by atoms with van der Waals surface area (Å²) < 4.78 is 31.5. The van der Waals surface area contributed by atoms with Crippen molar-refractivity contribution in [1.29, 1.82) is 0 Å². The second-order valence-electron chi connectivity index (χ2n) is 9.02. The molecule has 0 radical (unpaired) electrons. The van der Waals surface area contributed by atoms with Crippen molar-refractivity contribution >= 4 is 27.5 Å². The number of hydrogen-bond donors (Lipinski definition) is 2. The SMILES string of the molecule is C[C@H]1CN([C@@H](C)CO)C(=O)Cc2cc(NC(=O)C3CC3)ccc2O[C@H]1CN(C)S(C)(=O)=O. The van der Waals surface area contributed by atoms with Crippen molar-refractivity contribution in [1.82, 2.24) is 9.21 Å². The zero-order valence-corrected chi connectivity index (χ0v) is 19.9. The van der Waals surface area contributed by atoms with Crippen LogP contribution >= 0.6 is 0 Å². The van der Waals surface area contributed by atoms with Crippen LogP contribution in [0.4, 0.5) is 5.69 Å². The van der Waals surface area contributed by atoms with E-state index in [9.17, 15) is 23.1 Å². The summed E-state index contributed by atoms with van der Waals surface area (Å²) in [7, 11) is -1.92. The number of benzene rings is 1. The molecule has 1 aromatic carbocycles. The van der Waals surface area contributed by atoms with Gasteiger partial charge in [-0.25, -0.2) is 12.7 Å². The quantitative estimate of drug-likeness (QED) is 0.620. The highest BCUT2D eigenvalue weighted by Crippen LogP contribution is 2.32. The maximum Gasteiger partial charge on any atom is 0.227 e. The predicted octanol–water partition coefficient (Wildman–Crippen LogP) is 1.08. The lowest BCUT2D eigenvalue weighted by molar-refractivity contribution is -0.134. The van der Waals surface area contributed by atoms with E-state index in [1.54, 1.807) is 30.0 Å². The van der Waals surface area contributed by atoms with E-state index in [0.29, 0.717) is 23.5 Å². The van der Waals surface area contributed by atoms with E-state index in [0.717, 1.165) is 19.1 Å². The van der Waals surface area contributed by atoms with E-state index in [4.69, 9.17) is 4.74 Å². The summed E-state index contributed by atoms with van der Waals surface area (Å²) in [5.41, 5.74) is 1.20. The number of aliphatic hydroxyl groups is 1. The normalized spacial score (nSPS) is 22.9. The average molecular weight is 468 g/mol. The van der Waals surface area contributed by atoms with Crippen LogP contribution in [0, 0.1) is 11.8 Å². The minimum atomic E-state index is -3.42. The van der Waals surface area contributed by atoms with Crippen LogP contribution in [0.15, 0.2) is 18.2 Å². The first kappa shape index (κ1) is 24.5. The van der Waals surface area contributed by atoms with Crippen molar-refractivity contribution < 1.29 is 27.9 Å². The van der Waals surface area contributed by atoms with Gasteiger partial charge in [0.2, 0.25) is 21.8 Å². The van der Waals surface area contributed by atoms with Crippen LogP contribution in [0.2, 0.25) is 0 Å². The maximum absolute atomic E-state index is 13.1. The first-order chi connectivity index (χ1) is 15.0. The molecule has 32 heavy (non-hydrogen) atoms. The third-order valence-corrected chi connectivity index (χ3v) is 7.42. The lowest BCUT2D eigenvalue weighted by Gasteiger charge is -2.33. The van der Waals surface area contributed by atoms with Crippen molar-refractivity contribution in [3.8, 4) is 5.75 Å². The minimum absolute atomic E-state index is 0.0305. The number of anilines is 1. The number of nitrogens with one attached hydrogen (secondary N) is 1. The molecule has 10 heteroatoms. The molecule has 0 unspecified atom stereocenters. The Morgan fingerprint density at radius 1 is 1.38 bits per heavy atom. The van der Waals surface area contributed by atoms with Crippen LogP contribution in [0.1, 0.15) is 32.3 Å². The Hall–Kier alpha value is -2.17. The molecule has 178 valence electrons. The first-order valence-electron chi connectivity index (χ1n) is 10.9. The van der Waals surface area contributed by atoms with Gasteiger partial charge in [0.05, 0.1) is 31.9 Å². The third-order valence-electron chi connectivity index (χ3n) is 6.14. The Bertz CT molecular complexity index is 962. The second kappa shape index (κ2) is 9.76. The topological polar surface area (TPSA) is 116 Å². The Labute approximate surface area is 189 Å². The number of sulfonamides is 1. The summed E-state index contributed by atoms with van der Waals surface area (Å²) in [4.78, 5) is 26.9. The fourth-order valence-corrected chi connectivity index (χ4v) is 4.12. The maximum atomic E-state index is 13.1. The fraction of sp³-hybridized carbons (Fsp3) is 0.636. The number of carbonyl (C=O) groups is 2. The third kappa shape index (κ3) is 5.99. The van der Waals surface area contributed by atoms with Crippen molar-refractivity contribution in [3.63, 3.8) is 0 Å². The predicted molar refractivity (Wildman–Crippen MR) is 121 cm³/mol. The number of likely N-dealkylation sites (N-methyl/N-ethyl adjacent to an activating group) is 1. The fourth-order valence-electron chi connectivity index (χ4n) is 3.70. The molecule has 3 atom stereocenters. The van der Waals surface area contributed by atoms with E-state index in [2.05, 4.69) is 5.32 Å². The number of nitrogens with zero attached hydrogens (tertiary/aromatic N) is 2. The van der Waals surface area contributed by atoms with E-state index in [1.807, 2.05) is 6.92 Å². The highest BCUT2D eigenvalue weighted by Gasteiger charge is 2.33. The van der Waals surface area contributed by atoms with Gasteiger partial charge < -0.3 is 20.1 Å². The lowest BCUT2D eigenvalue weighted by atomic mass is 10.0. The van der Waals surface area contributed by atoms with Crippen molar-refractivity contribution in [2.75, 3.05) is 38.3 Å². The number of rotatable bonds is 7. The Balaban J connectivity index is 1.94. The van der Waals surface area contributed by atoms with E-state index in [-0.39, 0.29) is 43.2 Å². The summed E-state index contributed by atoms with van der Waals surface area (Å²) in [5.74, 6) is 0.149. The van der Waals surface area contributed by atoms with Gasteiger partial charge >= 0.3 is 0 Å². The van der Waals surface area contributed by atoms with E-state index in [1.165, 1.54) is 11.4 Å². The molecule has 1 aliphatic carbocycles. The molecular formula is C22H33N3O6S. The number of ether oxygens (including phenoxy) is 1. The molecule has 1 aromatic rings. The molecule has 1 heterocycles. The number of fused-ring (bicyclic) bond motifs is 1. The molecule has 0 aromatic heterocycles. The van der Waals surface area contributed by atoms with Gasteiger partial charge in [0, 0.05) is 36.7 Å². The monoisotopic (exact) mass is 467 g/mol. The van der Waals surface area contributed by atoms with Crippen LogP contribution in [0.25, 0.3) is 0 Å². The molecule has 0 spiro atoms. The van der Waals surface area contributed by atoms with Crippen LogP contribution in [0.5, 0.6) is 5.75 Å². The highest BCUT2D eigenvalue weighted by atomic mass is 32.2. The zero-order valence-electron chi connectivity index (χ0n) is 19.1. The number of carbonyl (C=O) groups excluding carboxylic acids is 2. The van der Waals surface area contributed by atoms with Gasteiger partial charge in [-0.1, -0.05) is 6.92 Å². The standard InChI is InChI=1S/C22H33N3O6S/c1-14-11-25(15(2)13-26)21(27)10-17-9-18(23-22(28)16-5-6-16)7-8-19(17)31-20(14)12-24(3)32(4,29)30/h7-9,14-16,20,26H,5-6,10-13H2,1-4H3,(H,23,28)/t14-,15-,20-/m0/s1. The van der Waals surface area contributed by atoms with Crippen LogP contribution in [0.3, 0.4) is 0 Å². The van der Waals surface area contributed by atoms with Gasteiger partial charge in [-0.15, -0.1) is 0 Å². The Morgan fingerprint density at radius 3 is 2.66 bits per heavy atom. The van der Waals surface area contributed by atoms with Crippen molar-refractivity contribution in [2.45, 2.75) is 45.3 Å². The van der Waals surface area contributed by atoms with Gasteiger partial charge in [-0.3, -0.25) is 9.59 Å². The van der Waals surface area contributed by atoms with Crippen LogP contribution in [-0.2, 0) is 26.0 Å². The van der Waals surface area contributed by atoms with Gasteiger partial charge in [-0.2, -0.15) is 0 Å². The lowest BCUT2D eigenvalue weighted by Crippen LogP contribution is -2.48. The van der Waals surface area contributed by atoms with Gasteiger partial charge in [0.15, 0.2) is 0 Å². The molecule has 1 fully saturated rings. The molecule has 0 bridgehead atoms. The van der Waals surface area contributed by atoms with Gasteiger partial charge in [0.1, 0.15) is 11.9 Å². The molecule has 2 aliphatic rings. The highest BCUT2D eigenvalue weighted by molar-refractivity contribution is 7.88. The largest absolute Gasteiger partial charge is 0.488 e. The molecule has 3 rings (SSSR count). The summed E-state index contributed by atoms with van der Waals surface area (Å²) in [5, 5.41) is 12.6. The van der Waals surface area contributed by atoms with Crippen molar-refractivity contribution in [3.05, 3.63) is 23.8 Å². The number of amides is 2. The molecule has 1 saturated carbocycles. The van der Waals surface area contributed by atoms with E-state index >= 15 is 0 Å². The summed E-state index contributed by atoms with van der Waals surface area (Å²) in [6.45, 7) is 3.93. The van der Waals surface area contributed by atoms with Gasteiger partial charge in [-0.05, 0) is 38.0 Å². The smallest absolute Gasteiger partial charge is 0.227 e. The van der Waals surface area contributed by atoms with Crippen LogP contribution in [-0.4, -0.2) is 79.7 Å². The second-order valence-corrected chi connectivity index (χ2v) is 11.1. The first-order valence-corrected chi connectivity index (χ1v) is 12.8. The van der Waals surface area contributed by atoms with E-state index < -0.39 is 22.2 Å². The van der Waals surface area contributed by atoms with Gasteiger partial charge in [0.25, 0.3) is 0 Å². The summed E-state index contributed by atoms with van der Waals surface area (Å²) >= 11 is 0. The Morgan fingerprint density at radius 2 is 2.06 bits per heavy atom. The molecule has 0 saturated heterocycles. The number of aliphatic hydroxyl groups excluding tert-OH is 1. The molecular weight excluding hydrogens is 434 g/mol. The molecule has 1 aliphatic heterocycles. The number of hydrogen-bond acceptors (Lipinski definition) is 6. The summed E-state index contributed by atoms with van der Waals surface area (Å²) in [6, 6.07) is 4.80. The molecule has 2 amide bonds. The average Bonchev–Trinajstić information content (AvgIpc) is 3.56.